The summed E-state index contributed by atoms with van der Waals surface area (Å²) in [5.74, 6) is 0.922. The standard InChI is InChI=1S/C13H22N2S/c1-10-4-3-5-12(7-6-10)15-11(2)13-8-14-9-16-13/h8-12,15H,3-7H2,1-2H3. The van der Waals surface area contributed by atoms with E-state index in [9.17, 15) is 0 Å². The summed E-state index contributed by atoms with van der Waals surface area (Å²) in [6.07, 6.45) is 8.84. The Labute approximate surface area is 102 Å². The summed E-state index contributed by atoms with van der Waals surface area (Å²) >= 11 is 1.75. The van der Waals surface area contributed by atoms with Crippen LogP contribution in [-0.2, 0) is 0 Å². The van der Waals surface area contributed by atoms with E-state index < -0.39 is 0 Å². The Morgan fingerprint density at radius 2 is 2.25 bits per heavy atom. The van der Waals surface area contributed by atoms with Gasteiger partial charge in [-0.05, 0) is 32.1 Å². The van der Waals surface area contributed by atoms with Gasteiger partial charge in [0.2, 0.25) is 0 Å². The predicted octanol–water partition coefficient (Wildman–Crippen LogP) is 3.76. The van der Waals surface area contributed by atoms with E-state index in [-0.39, 0.29) is 0 Å². The van der Waals surface area contributed by atoms with Crippen molar-refractivity contribution < 1.29 is 0 Å². The van der Waals surface area contributed by atoms with Crippen LogP contribution in [-0.4, -0.2) is 11.0 Å². The highest BCUT2D eigenvalue weighted by atomic mass is 32.1. The van der Waals surface area contributed by atoms with E-state index in [0.29, 0.717) is 12.1 Å². The molecule has 1 saturated carbocycles. The topological polar surface area (TPSA) is 24.9 Å². The Balaban J connectivity index is 1.84. The zero-order valence-corrected chi connectivity index (χ0v) is 11.1. The fraction of sp³-hybridized carbons (Fsp3) is 0.769. The van der Waals surface area contributed by atoms with Gasteiger partial charge in [-0.25, -0.2) is 0 Å². The Bertz CT molecular complexity index is 297. The second kappa shape index (κ2) is 5.78. The molecule has 0 saturated heterocycles. The van der Waals surface area contributed by atoms with E-state index in [0.717, 1.165) is 5.92 Å². The second-order valence-electron chi connectivity index (χ2n) is 5.10. The number of thiazole rings is 1. The fourth-order valence-corrected chi connectivity index (χ4v) is 3.17. The summed E-state index contributed by atoms with van der Waals surface area (Å²) in [6.45, 7) is 4.64. The molecule has 0 amide bonds. The molecule has 2 rings (SSSR count). The number of nitrogens with one attached hydrogen (secondary N) is 1. The lowest BCUT2D eigenvalue weighted by Gasteiger charge is -2.21. The molecule has 1 aliphatic rings. The van der Waals surface area contributed by atoms with E-state index >= 15 is 0 Å². The summed E-state index contributed by atoms with van der Waals surface area (Å²) in [7, 11) is 0. The first kappa shape index (κ1) is 12.1. The van der Waals surface area contributed by atoms with E-state index in [2.05, 4.69) is 24.1 Å². The molecule has 16 heavy (non-hydrogen) atoms. The Kier molecular flexibility index (Phi) is 4.36. The van der Waals surface area contributed by atoms with Crippen molar-refractivity contribution >= 4 is 11.3 Å². The van der Waals surface area contributed by atoms with Crippen LogP contribution in [0, 0.1) is 5.92 Å². The molecule has 3 atom stereocenters. The smallest absolute Gasteiger partial charge is 0.0794 e. The maximum Gasteiger partial charge on any atom is 0.0794 e. The SMILES string of the molecule is CC1CCCC(NC(C)c2cncs2)CC1. The van der Waals surface area contributed by atoms with Crippen molar-refractivity contribution in [3.63, 3.8) is 0 Å². The number of aromatic nitrogens is 1. The average molecular weight is 238 g/mol. The summed E-state index contributed by atoms with van der Waals surface area (Å²) in [4.78, 5) is 5.50. The number of hydrogen-bond donors (Lipinski definition) is 1. The molecule has 90 valence electrons. The van der Waals surface area contributed by atoms with Crippen LogP contribution in [0.1, 0.15) is 56.9 Å². The minimum absolute atomic E-state index is 0.464. The molecule has 1 aliphatic carbocycles. The zero-order valence-electron chi connectivity index (χ0n) is 10.3. The highest BCUT2D eigenvalue weighted by Gasteiger charge is 2.18. The molecule has 1 N–H and O–H groups in total. The van der Waals surface area contributed by atoms with Crippen molar-refractivity contribution in [2.75, 3.05) is 0 Å². The van der Waals surface area contributed by atoms with Gasteiger partial charge in [0.25, 0.3) is 0 Å². The largest absolute Gasteiger partial charge is 0.307 e. The van der Waals surface area contributed by atoms with Gasteiger partial charge < -0.3 is 5.32 Å². The molecular weight excluding hydrogens is 216 g/mol. The van der Waals surface area contributed by atoms with Crippen molar-refractivity contribution in [1.29, 1.82) is 0 Å². The van der Waals surface area contributed by atoms with Gasteiger partial charge in [0.1, 0.15) is 0 Å². The van der Waals surface area contributed by atoms with Crippen LogP contribution in [0.15, 0.2) is 11.7 Å². The average Bonchev–Trinajstić information content (AvgIpc) is 2.72. The quantitative estimate of drug-likeness (QED) is 0.811. The lowest BCUT2D eigenvalue weighted by molar-refractivity contribution is 0.410. The van der Waals surface area contributed by atoms with Crippen LogP contribution in [0.5, 0.6) is 0 Å². The summed E-state index contributed by atoms with van der Waals surface area (Å²) in [5.41, 5.74) is 1.92. The first-order chi connectivity index (χ1) is 7.75. The van der Waals surface area contributed by atoms with Crippen LogP contribution in [0.25, 0.3) is 0 Å². The Morgan fingerprint density at radius 3 is 3.00 bits per heavy atom. The molecular formula is C13H22N2S. The van der Waals surface area contributed by atoms with Gasteiger partial charge in [-0.3, -0.25) is 4.98 Å². The van der Waals surface area contributed by atoms with E-state index in [1.54, 1.807) is 11.3 Å². The van der Waals surface area contributed by atoms with Crippen LogP contribution >= 0.6 is 11.3 Å². The van der Waals surface area contributed by atoms with Gasteiger partial charge in [-0.2, -0.15) is 0 Å². The minimum Gasteiger partial charge on any atom is -0.307 e. The normalized spacial score (nSPS) is 28.6. The zero-order chi connectivity index (χ0) is 11.4. The maximum absolute atomic E-state index is 4.15. The summed E-state index contributed by atoms with van der Waals surface area (Å²) < 4.78 is 0. The summed E-state index contributed by atoms with van der Waals surface area (Å²) in [5, 5.41) is 3.75. The van der Waals surface area contributed by atoms with Gasteiger partial charge in [-0.15, -0.1) is 11.3 Å². The number of hydrogen-bond acceptors (Lipinski definition) is 3. The summed E-state index contributed by atoms with van der Waals surface area (Å²) in [6, 6.07) is 1.17. The lowest BCUT2D eigenvalue weighted by Crippen LogP contribution is -2.30. The van der Waals surface area contributed by atoms with Crippen LogP contribution < -0.4 is 5.32 Å². The van der Waals surface area contributed by atoms with Gasteiger partial charge in [0.15, 0.2) is 0 Å². The van der Waals surface area contributed by atoms with Crippen LogP contribution in [0.2, 0.25) is 0 Å². The lowest BCUT2D eigenvalue weighted by atomic mass is 10.0. The molecule has 3 unspecified atom stereocenters. The molecule has 0 spiro atoms. The molecule has 1 aromatic rings. The van der Waals surface area contributed by atoms with Gasteiger partial charge in [0, 0.05) is 23.2 Å². The van der Waals surface area contributed by atoms with Crippen molar-refractivity contribution in [1.82, 2.24) is 10.3 Å². The molecule has 0 aliphatic heterocycles. The number of rotatable bonds is 3. The monoisotopic (exact) mass is 238 g/mol. The van der Waals surface area contributed by atoms with Crippen LogP contribution in [0.4, 0.5) is 0 Å². The van der Waals surface area contributed by atoms with E-state index in [1.807, 2.05) is 11.7 Å². The van der Waals surface area contributed by atoms with Crippen LogP contribution in [0.3, 0.4) is 0 Å². The molecule has 3 heteroatoms. The van der Waals surface area contributed by atoms with Gasteiger partial charge in [0.05, 0.1) is 5.51 Å². The molecule has 2 nitrogen and oxygen atoms in total. The first-order valence-electron chi connectivity index (χ1n) is 6.40. The van der Waals surface area contributed by atoms with Crippen molar-refractivity contribution in [3.8, 4) is 0 Å². The van der Waals surface area contributed by atoms with Gasteiger partial charge in [-0.1, -0.05) is 19.8 Å². The van der Waals surface area contributed by atoms with Crippen molar-refractivity contribution in [2.24, 2.45) is 5.92 Å². The Hall–Kier alpha value is -0.410. The third-order valence-electron chi connectivity index (χ3n) is 3.62. The highest BCUT2D eigenvalue weighted by Crippen LogP contribution is 2.25. The fourth-order valence-electron chi connectivity index (χ4n) is 2.53. The molecule has 1 aromatic heterocycles. The van der Waals surface area contributed by atoms with Crippen molar-refractivity contribution in [3.05, 3.63) is 16.6 Å². The maximum atomic E-state index is 4.15. The molecule has 0 bridgehead atoms. The molecule has 1 heterocycles. The second-order valence-corrected chi connectivity index (χ2v) is 6.02. The first-order valence-corrected chi connectivity index (χ1v) is 7.28. The Morgan fingerprint density at radius 1 is 1.38 bits per heavy atom. The third-order valence-corrected chi connectivity index (χ3v) is 4.58. The molecule has 0 radical (unpaired) electrons. The minimum atomic E-state index is 0.464. The highest BCUT2D eigenvalue weighted by molar-refractivity contribution is 7.09. The molecule has 0 aromatic carbocycles. The molecule has 1 fully saturated rings. The van der Waals surface area contributed by atoms with Gasteiger partial charge >= 0.3 is 0 Å². The predicted molar refractivity (Wildman–Crippen MR) is 69.7 cm³/mol. The van der Waals surface area contributed by atoms with Crippen molar-refractivity contribution in [2.45, 2.75) is 58.0 Å². The number of nitrogens with zero attached hydrogens (tertiary/aromatic N) is 1. The van der Waals surface area contributed by atoms with E-state index in [1.165, 1.54) is 37.0 Å². The van der Waals surface area contributed by atoms with E-state index in [4.69, 9.17) is 0 Å². The third kappa shape index (κ3) is 3.29.